The van der Waals surface area contributed by atoms with Crippen LogP contribution in [0.15, 0.2) is 48.5 Å². The van der Waals surface area contributed by atoms with Gasteiger partial charge in [0.25, 0.3) is 5.91 Å². The molecule has 1 N–H and O–H groups in total. The van der Waals surface area contributed by atoms with Gasteiger partial charge in [-0.3, -0.25) is 4.79 Å². The highest BCUT2D eigenvalue weighted by molar-refractivity contribution is 6.01. The Morgan fingerprint density at radius 2 is 1.82 bits per heavy atom. The fourth-order valence-electron chi connectivity index (χ4n) is 1.93. The number of ether oxygens (including phenoxy) is 1. The summed E-state index contributed by atoms with van der Waals surface area (Å²) in [7, 11) is 0. The number of rotatable bonds is 5. The molecule has 22 heavy (non-hydrogen) atoms. The Bertz CT molecular complexity index is 682. The van der Waals surface area contributed by atoms with Gasteiger partial charge >= 0.3 is 0 Å². The van der Waals surface area contributed by atoms with Crippen molar-refractivity contribution in [2.75, 3.05) is 5.32 Å². The minimum atomic E-state index is -1.34. The monoisotopic (exact) mass is 298 g/mol. The summed E-state index contributed by atoms with van der Waals surface area (Å²) in [6.07, 6.45) is -0.765. The van der Waals surface area contributed by atoms with Gasteiger partial charge in [-0.2, -0.15) is 0 Å². The standard InChI is InChI=1S/C17H17NO4/c1-11-8-9-15(14(10-11)17(20)21)18-16(19)12(2)22-13-6-4-3-5-7-13/h3-10,12H,1-2H3,(H,18,19)(H,20,21)/p-1/t12-/m0/s1. The van der Waals surface area contributed by atoms with E-state index in [4.69, 9.17) is 4.74 Å². The molecule has 5 nitrogen and oxygen atoms in total. The molecule has 0 aromatic heterocycles. The Hall–Kier alpha value is -2.82. The van der Waals surface area contributed by atoms with Gasteiger partial charge in [-0.05, 0) is 38.1 Å². The number of nitrogens with one attached hydrogen (secondary N) is 1. The Morgan fingerprint density at radius 1 is 1.14 bits per heavy atom. The van der Waals surface area contributed by atoms with Crippen molar-refractivity contribution in [1.82, 2.24) is 0 Å². The Morgan fingerprint density at radius 3 is 2.45 bits per heavy atom. The topological polar surface area (TPSA) is 78.5 Å². The molecular formula is C17H16NO4-. The van der Waals surface area contributed by atoms with Crippen molar-refractivity contribution in [3.63, 3.8) is 0 Å². The van der Waals surface area contributed by atoms with Crippen molar-refractivity contribution in [3.05, 3.63) is 59.7 Å². The molecule has 114 valence electrons. The molecule has 0 radical (unpaired) electrons. The minimum absolute atomic E-state index is 0.0553. The highest BCUT2D eigenvalue weighted by atomic mass is 16.5. The fraction of sp³-hybridized carbons (Fsp3) is 0.176. The fourth-order valence-corrected chi connectivity index (χ4v) is 1.93. The molecule has 0 saturated carbocycles. The van der Waals surface area contributed by atoms with Gasteiger partial charge < -0.3 is 20.0 Å². The molecule has 2 aromatic rings. The zero-order chi connectivity index (χ0) is 16.1. The molecule has 0 spiro atoms. The Balaban J connectivity index is 2.10. The highest BCUT2D eigenvalue weighted by Crippen LogP contribution is 2.18. The maximum atomic E-state index is 12.1. The van der Waals surface area contributed by atoms with E-state index in [1.807, 2.05) is 6.07 Å². The van der Waals surface area contributed by atoms with Crippen LogP contribution in [-0.2, 0) is 4.79 Å². The number of para-hydroxylation sites is 1. The Labute approximate surface area is 128 Å². The summed E-state index contributed by atoms with van der Waals surface area (Å²) in [6, 6.07) is 13.6. The van der Waals surface area contributed by atoms with Crippen molar-refractivity contribution in [3.8, 4) is 5.75 Å². The number of hydrogen-bond acceptors (Lipinski definition) is 4. The van der Waals surface area contributed by atoms with Crippen LogP contribution in [-0.4, -0.2) is 18.0 Å². The van der Waals surface area contributed by atoms with E-state index in [1.54, 1.807) is 44.2 Å². The molecule has 0 aliphatic rings. The van der Waals surface area contributed by atoms with Crippen LogP contribution in [0.2, 0.25) is 0 Å². The van der Waals surface area contributed by atoms with Gasteiger partial charge in [0.2, 0.25) is 0 Å². The summed E-state index contributed by atoms with van der Waals surface area (Å²) < 4.78 is 5.50. The number of carboxylic acids is 1. The van der Waals surface area contributed by atoms with Gasteiger partial charge in [-0.25, -0.2) is 0 Å². The smallest absolute Gasteiger partial charge is 0.265 e. The molecule has 2 aromatic carbocycles. The third kappa shape index (κ3) is 3.85. The Kier molecular flexibility index (Phi) is 4.78. The van der Waals surface area contributed by atoms with E-state index in [2.05, 4.69) is 5.32 Å². The lowest BCUT2D eigenvalue weighted by Crippen LogP contribution is -2.32. The van der Waals surface area contributed by atoms with E-state index >= 15 is 0 Å². The molecule has 0 aliphatic carbocycles. The number of carbonyl (C=O) groups excluding carboxylic acids is 2. The first-order valence-corrected chi connectivity index (χ1v) is 6.82. The van der Waals surface area contributed by atoms with Crippen LogP contribution in [0, 0.1) is 6.92 Å². The zero-order valence-electron chi connectivity index (χ0n) is 12.3. The predicted molar refractivity (Wildman–Crippen MR) is 80.7 cm³/mol. The van der Waals surface area contributed by atoms with E-state index in [9.17, 15) is 14.7 Å². The van der Waals surface area contributed by atoms with Crippen molar-refractivity contribution < 1.29 is 19.4 Å². The molecule has 0 saturated heterocycles. The van der Waals surface area contributed by atoms with Gasteiger partial charge in [-0.15, -0.1) is 0 Å². The predicted octanol–water partition coefficient (Wildman–Crippen LogP) is 1.76. The minimum Gasteiger partial charge on any atom is -0.545 e. The molecule has 0 heterocycles. The third-order valence-electron chi connectivity index (χ3n) is 3.08. The maximum absolute atomic E-state index is 12.1. The molecule has 0 aliphatic heterocycles. The van der Waals surface area contributed by atoms with E-state index in [0.717, 1.165) is 5.56 Å². The quantitative estimate of drug-likeness (QED) is 0.912. The molecule has 5 heteroatoms. The molecular weight excluding hydrogens is 282 g/mol. The summed E-state index contributed by atoms with van der Waals surface area (Å²) in [4.78, 5) is 23.2. The van der Waals surface area contributed by atoms with Crippen LogP contribution in [0.5, 0.6) is 5.75 Å². The van der Waals surface area contributed by atoms with Crippen LogP contribution >= 0.6 is 0 Å². The van der Waals surface area contributed by atoms with Gasteiger partial charge in [-0.1, -0.05) is 29.8 Å². The van der Waals surface area contributed by atoms with E-state index in [-0.39, 0.29) is 11.3 Å². The second-order valence-corrected chi connectivity index (χ2v) is 4.90. The van der Waals surface area contributed by atoms with Crippen LogP contribution in [0.1, 0.15) is 22.8 Å². The number of anilines is 1. The van der Waals surface area contributed by atoms with Gasteiger partial charge in [0, 0.05) is 11.3 Å². The summed E-state index contributed by atoms with van der Waals surface area (Å²) in [5, 5.41) is 13.7. The van der Waals surface area contributed by atoms with Gasteiger partial charge in [0.1, 0.15) is 5.75 Å². The van der Waals surface area contributed by atoms with Crippen LogP contribution in [0.4, 0.5) is 5.69 Å². The van der Waals surface area contributed by atoms with E-state index in [1.165, 1.54) is 12.1 Å². The number of benzene rings is 2. The molecule has 1 amide bonds. The number of amides is 1. The molecule has 0 unspecified atom stereocenters. The number of aryl methyl sites for hydroxylation is 1. The van der Waals surface area contributed by atoms with Crippen LogP contribution in [0.3, 0.4) is 0 Å². The number of aromatic carboxylic acids is 1. The van der Waals surface area contributed by atoms with E-state index < -0.39 is 18.0 Å². The molecule has 0 bridgehead atoms. The number of hydrogen-bond donors (Lipinski definition) is 1. The summed E-state index contributed by atoms with van der Waals surface area (Å²) >= 11 is 0. The summed E-state index contributed by atoms with van der Waals surface area (Å²) in [6.45, 7) is 3.36. The van der Waals surface area contributed by atoms with Crippen molar-refractivity contribution in [2.24, 2.45) is 0 Å². The normalized spacial score (nSPS) is 11.5. The highest BCUT2D eigenvalue weighted by Gasteiger charge is 2.16. The lowest BCUT2D eigenvalue weighted by atomic mass is 10.1. The molecule has 1 atom stereocenters. The number of carbonyl (C=O) groups is 2. The maximum Gasteiger partial charge on any atom is 0.265 e. The van der Waals surface area contributed by atoms with Crippen molar-refractivity contribution in [2.45, 2.75) is 20.0 Å². The largest absolute Gasteiger partial charge is 0.545 e. The van der Waals surface area contributed by atoms with E-state index in [0.29, 0.717) is 5.75 Å². The van der Waals surface area contributed by atoms with Crippen LogP contribution < -0.4 is 15.2 Å². The van der Waals surface area contributed by atoms with Crippen molar-refractivity contribution in [1.29, 1.82) is 0 Å². The first-order valence-electron chi connectivity index (χ1n) is 6.82. The molecule has 0 fully saturated rings. The van der Waals surface area contributed by atoms with Gasteiger partial charge in [0.15, 0.2) is 6.10 Å². The second kappa shape index (κ2) is 6.76. The molecule has 2 rings (SSSR count). The SMILES string of the molecule is Cc1ccc(NC(=O)[C@H](C)Oc2ccccc2)c(C(=O)[O-])c1. The third-order valence-corrected chi connectivity index (χ3v) is 3.08. The van der Waals surface area contributed by atoms with Crippen molar-refractivity contribution >= 4 is 17.6 Å². The average molecular weight is 298 g/mol. The summed E-state index contributed by atoms with van der Waals surface area (Å²) in [5.74, 6) is -1.21. The second-order valence-electron chi connectivity index (χ2n) is 4.90. The number of carboxylic acid groups (broad SMARTS) is 1. The zero-order valence-corrected chi connectivity index (χ0v) is 12.3. The lowest BCUT2D eigenvalue weighted by molar-refractivity contribution is -0.254. The summed E-state index contributed by atoms with van der Waals surface area (Å²) in [5.41, 5.74) is 0.908. The average Bonchev–Trinajstić information content (AvgIpc) is 2.49. The van der Waals surface area contributed by atoms with Crippen LogP contribution in [0.25, 0.3) is 0 Å². The lowest BCUT2D eigenvalue weighted by Gasteiger charge is -2.17. The van der Waals surface area contributed by atoms with Gasteiger partial charge in [0.05, 0.1) is 5.97 Å². The first kappa shape index (κ1) is 15.6. The first-order chi connectivity index (χ1) is 10.5.